The molecule has 4 rings (SSSR count). The third-order valence-electron chi connectivity index (χ3n) is 5.26. The van der Waals surface area contributed by atoms with E-state index in [-0.39, 0.29) is 16.6 Å². The zero-order valence-corrected chi connectivity index (χ0v) is 17.1. The molecule has 0 N–H and O–H groups in total. The Morgan fingerprint density at radius 1 is 1.10 bits per heavy atom. The molecule has 0 radical (unpaired) electrons. The van der Waals surface area contributed by atoms with Crippen LogP contribution in [0, 0.1) is 0 Å². The van der Waals surface area contributed by atoms with E-state index in [9.17, 15) is 4.79 Å². The minimum Gasteiger partial charge on any atom is -0.497 e. The van der Waals surface area contributed by atoms with E-state index in [2.05, 4.69) is 10.00 Å². The Morgan fingerprint density at radius 3 is 2.62 bits per heavy atom. The molecule has 2 heterocycles. The predicted octanol–water partition coefficient (Wildman–Crippen LogP) is 4.24. The quantitative estimate of drug-likeness (QED) is 0.628. The smallest absolute Gasteiger partial charge is 0.292 e. The van der Waals surface area contributed by atoms with Crippen LogP contribution in [0.1, 0.15) is 24.4 Å². The van der Waals surface area contributed by atoms with E-state index in [0.717, 1.165) is 36.4 Å². The largest absolute Gasteiger partial charge is 0.497 e. The number of para-hydroxylation sites is 1. The first-order valence-corrected chi connectivity index (χ1v) is 9.83. The maximum absolute atomic E-state index is 12.9. The first-order chi connectivity index (χ1) is 14.1. The van der Waals surface area contributed by atoms with Gasteiger partial charge in [0.1, 0.15) is 16.5 Å². The van der Waals surface area contributed by atoms with Crippen LogP contribution in [0.5, 0.6) is 11.5 Å². The maximum Gasteiger partial charge on any atom is 0.292 e. The van der Waals surface area contributed by atoms with E-state index in [1.165, 1.54) is 4.68 Å². The number of rotatable bonds is 5. The zero-order valence-electron chi connectivity index (χ0n) is 16.3. The summed E-state index contributed by atoms with van der Waals surface area (Å²) in [6, 6.07) is 15.0. The third-order valence-corrected chi connectivity index (χ3v) is 5.61. The van der Waals surface area contributed by atoms with E-state index in [0.29, 0.717) is 11.4 Å². The summed E-state index contributed by atoms with van der Waals surface area (Å²) >= 11 is 6.54. The van der Waals surface area contributed by atoms with Crippen LogP contribution in [0.25, 0.3) is 5.69 Å². The number of methoxy groups -OCH3 is 2. The Bertz CT molecular complexity index is 1070. The average Bonchev–Trinajstić information content (AvgIpc) is 3.25. The van der Waals surface area contributed by atoms with Crippen molar-refractivity contribution >= 4 is 17.3 Å². The van der Waals surface area contributed by atoms with Crippen molar-refractivity contribution < 1.29 is 9.47 Å². The molecule has 6 nitrogen and oxygen atoms in total. The van der Waals surface area contributed by atoms with Gasteiger partial charge in [0.25, 0.3) is 5.56 Å². The Labute approximate surface area is 174 Å². The first kappa shape index (κ1) is 19.3. The molecule has 1 aliphatic rings. The summed E-state index contributed by atoms with van der Waals surface area (Å²) in [5.41, 5.74) is 1.99. The fourth-order valence-electron chi connectivity index (χ4n) is 3.86. The van der Waals surface area contributed by atoms with Gasteiger partial charge in [-0.1, -0.05) is 29.8 Å². The molecule has 0 saturated carbocycles. The van der Waals surface area contributed by atoms with E-state index < -0.39 is 0 Å². The molecule has 1 fully saturated rings. The summed E-state index contributed by atoms with van der Waals surface area (Å²) in [5, 5.41) is 4.54. The van der Waals surface area contributed by atoms with Crippen LogP contribution in [0.2, 0.25) is 5.02 Å². The number of benzene rings is 2. The molecule has 1 aliphatic heterocycles. The fraction of sp³-hybridized carbons (Fsp3) is 0.273. The van der Waals surface area contributed by atoms with Gasteiger partial charge in [0.05, 0.1) is 37.8 Å². The number of hydrogen-bond donors (Lipinski definition) is 0. The SMILES string of the molecule is COc1ccc(OC)c([C@H]2CCCN2c2cnn(-c3ccccc3)c(=O)c2Cl)c1. The van der Waals surface area contributed by atoms with Gasteiger partial charge in [-0.25, -0.2) is 0 Å². The Kier molecular flexibility index (Phi) is 5.45. The number of halogens is 1. The third kappa shape index (κ3) is 3.56. The first-order valence-electron chi connectivity index (χ1n) is 9.46. The highest BCUT2D eigenvalue weighted by Gasteiger charge is 2.31. The molecule has 1 aromatic heterocycles. The van der Waals surface area contributed by atoms with Gasteiger partial charge in [-0.2, -0.15) is 9.78 Å². The molecule has 0 amide bonds. The monoisotopic (exact) mass is 411 g/mol. The summed E-state index contributed by atoms with van der Waals surface area (Å²) in [7, 11) is 3.29. The van der Waals surface area contributed by atoms with Crippen LogP contribution in [-0.2, 0) is 0 Å². The minimum atomic E-state index is -0.335. The second kappa shape index (κ2) is 8.17. The highest BCUT2D eigenvalue weighted by atomic mass is 35.5. The highest BCUT2D eigenvalue weighted by Crippen LogP contribution is 2.42. The number of ether oxygens (including phenoxy) is 2. The molecule has 3 aromatic rings. The summed E-state index contributed by atoms with van der Waals surface area (Å²) < 4.78 is 12.3. The zero-order chi connectivity index (χ0) is 20.4. The predicted molar refractivity (Wildman–Crippen MR) is 114 cm³/mol. The number of nitrogens with zero attached hydrogens (tertiary/aromatic N) is 3. The summed E-state index contributed by atoms with van der Waals surface area (Å²) in [6.07, 6.45) is 3.56. The highest BCUT2D eigenvalue weighted by molar-refractivity contribution is 6.33. The maximum atomic E-state index is 12.9. The fourth-order valence-corrected chi connectivity index (χ4v) is 4.09. The second-order valence-electron chi connectivity index (χ2n) is 6.86. The van der Waals surface area contributed by atoms with Gasteiger partial charge < -0.3 is 14.4 Å². The van der Waals surface area contributed by atoms with Crippen molar-refractivity contribution in [1.82, 2.24) is 9.78 Å². The normalized spacial score (nSPS) is 16.1. The van der Waals surface area contributed by atoms with Gasteiger partial charge in [-0.15, -0.1) is 0 Å². The van der Waals surface area contributed by atoms with Crippen LogP contribution in [0.15, 0.2) is 59.5 Å². The molecule has 2 aromatic carbocycles. The molecule has 0 aliphatic carbocycles. The van der Waals surface area contributed by atoms with Gasteiger partial charge in [-0.05, 0) is 43.2 Å². The van der Waals surface area contributed by atoms with Gasteiger partial charge >= 0.3 is 0 Å². The van der Waals surface area contributed by atoms with Gasteiger partial charge in [0.2, 0.25) is 0 Å². The summed E-state index contributed by atoms with van der Waals surface area (Å²) in [4.78, 5) is 15.0. The molecular formula is C22H22ClN3O3. The lowest BCUT2D eigenvalue weighted by Gasteiger charge is -2.29. The van der Waals surface area contributed by atoms with Crippen LogP contribution in [-0.4, -0.2) is 30.5 Å². The van der Waals surface area contributed by atoms with Crippen molar-refractivity contribution in [3.63, 3.8) is 0 Å². The Balaban J connectivity index is 1.75. The van der Waals surface area contributed by atoms with Crippen LogP contribution in [0.4, 0.5) is 5.69 Å². The topological polar surface area (TPSA) is 56.6 Å². The summed E-state index contributed by atoms with van der Waals surface area (Å²) in [6.45, 7) is 0.779. The molecule has 29 heavy (non-hydrogen) atoms. The molecule has 150 valence electrons. The van der Waals surface area contributed by atoms with E-state index in [1.54, 1.807) is 20.4 Å². The molecule has 1 atom stereocenters. The molecule has 1 saturated heterocycles. The minimum absolute atomic E-state index is 0.0197. The number of anilines is 1. The molecule has 7 heteroatoms. The van der Waals surface area contributed by atoms with Crippen LogP contribution >= 0.6 is 11.6 Å². The van der Waals surface area contributed by atoms with Crippen LogP contribution in [0.3, 0.4) is 0 Å². The lowest BCUT2D eigenvalue weighted by atomic mass is 10.0. The number of hydrogen-bond acceptors (Lipinski definition) is 5. The van der Waals surface area contributed by atoms with Gasteiger partial charge in [0, 0.05) is 12.1 Å². The van der Waals surface area contributed by atoms with Crippen molar-refractivity contribution in [1.29, 1.82) is 0 Å². The van der Waals surface area contributed by atoms with Gasteiger partial charge in [-0.3, -0.25) is 4.79 Å². The number of aromatic nitrogens is 2. The molecule has 0 spiro atoms. The van der Waals surface area contributed by atoms with Crippen molar-refractivity contribution in [2.24, 2.45) is 0 Å². The van der Waals surface area contributed by atoms with Crippen LogP contribution < -0.4 is 19.9 Å². The second-order valence-corrected chi connectivity index (χ2v) is 7.23. The van der Waals surface area contributed by atoms with Crippen molar-refractivity contribution in [2.45, 2.75) is 18.9 Å². The van der Waals surface area contributed by atoms with Crippen molar-refractivity contribution in [2.75, 3.05) is 25.7 Å². The van der Waals surface area contributed by atoms with Crippen molar-refractivity contribution in [3.8, 4) is 17.2 Å². The standard InChI is InChI=1S/C22H22ClN3O3/c1-28-16-10-11-20(29-2)17(13-16)18-9-6-12-25(18)19-14-24-26(22(27)21(19)23)15-7-4-3-5-8-15/h3-5,7-8,10-11,13-14,18H,6,9,12H2,1-2H3/t18-/m1/s1. The van der Waals surface area contributed by atoms with E-state index in [1.807, 2.05) is 48.5 Å². The lowest BCUT2D eigenvalue weighted by Crippen LogP contribution is -2.28. The van der Waals surface area contributed by atoms with Crippen molar-refractivity contribution in [3.05, 3.63) is 75.7 Å². The average molecular weight is 412 g/mol. The Morgan fingerprint density at radius 2 is 1.90 bits per heavy atom. The lowest BCUT2D eigenvalue weighted by molar-refractivity contribution is 0.395. The molecular weight excluding hydrogens is 390 g/mol. The molecule has 0 unspecified atom stereocenters. The van der Waals surface area contributed by atoms with E-state index >= 15 is 0 Å². The van der Waals surface area contributed by atoms with Gasteiger partial charge in [0.15, 0.2) is 0 Å². The Hall–Kier alpha value is -2.99. The molecule has 0 bridgehead atoms. The van der Waals surface area contributed by atoms with E-state index in [4.69, 9.17) is 21.1 Å². The summed E-state index contributed by atoms with van der Waals surface area (Å²) in [5.74, 6) is 1.54.